The van der Waals surface area contributed by atoms with Gasteiger partial charge in [-0.1, -0.05) is 24.7 Å². The highest BCUT2D eigenvalue weighted by Gasteiger charge is 2.21. The molecule has 1 aromatic rings. The molecule has 1 heterocycles. The van der Waals surface area contributed by atoms with Crippen LogP contribution in [0.4, 0.5) is 10.9 Å². The molecular formula is C13H24N4OS. The summed E-state index contributed by atoms with van der Waals surface area (Å²) in [6.45, 7) is 8.72. The summed E-state index contributed by atoms with van der Waals surface area (Å²) in [5, 5.41) is 0.828. The highest BCUT2D eigenvalue weighted by molar-refractivity contribution is 7.18. The zero-order valence-corrected chi connectivity index (χ0v) is 13.1. The lowest BCUT2D eigenvalue weighted by Crippen LogP contribution is -2.27. The molecular weight excluding hydrogens is 260 g/mol. The summed E-state index contributed by atoms with van der Waals surface area (Å²) in [5.74, 6) is 0.321. The maximum Gasteiger partial charge on any atom is 0.267 e. The number of nitrogens with zero attached hydrogens (tertiary/aromatic N) is 3. The second-order valence-corrected chi connectivity index (χ2v) is 5.44. The first kappa shape index (κ1) is 15.8. The number of rotatable bonds is 7. The van der Waals surface area contributed by atoms with Crippen LogP contribution in [0.25, 0.3) is 0 Å². The highest BCUT2D eigenvalue weighted by Crippen LogP contribution is 2.28. The standard InChI is InChI=1S/C13H24N4OS/c1-5-8-9-16(4)12(18)10-11(14)15-13(19-10)17(6-2)7-3/h5-9,14H2,1-4H3. The molecule has 2 N–H and O–H groups in total. The second kappa shape index (κ2) is 7.33. The Bertz CT molecular complexity index is 415. The molecule has 0 saturated heterocycles. The molecule has 0 aliphatic rings. The first-order valence-corrected chi connectivity index (χ1v) is 7.63. The van der Waals surface area contributed by atoms with E-state index in [-0.39, 0.29) is 5.91 Å². The Hall–Kier alpha value is -1.30. The summed E-state index contributed by atoms with van der Waals surface area (Å²) in [5.41, 5.74) is 5.88. The number of unbranched alkanes of at least 4 members (excludes halogenated alkanes) is 1. The number of aromatic nitrogens is 1. The molecule has 0 spiro atoms. The Morgan fingerprint density at radius 3 is 2.47 bits per heavy atom. The van der Waals surface area contributed by atoms with Gasteiger partial charge in [-0.05, 0) is 20.3 Å². The van der Waals surface area contributed by atoms with Gasteiger partial charge in [-0.3, -0.25) is 4.79 Å². The van der Waals surface area contributed by atoms with E-state index in [2.05, 4.69) is 30.7 Å². The normalized spacial score (nSPS) is 10.5. The van der Waals surface area contributed by atoms with Gasteiger partial charge in [0.05, 0.1) is 0 Å². The molecule has 0 aromatic carbocycles. The van der Waals surface area contributed by atoms with Gasteiger partial charge in [0.25, 0.3) is 5.91 Å². The largest absolute Gasteiger partial charge is 0.382 e. The molecule has 1 aromatic heterocycles. The van der Waals surface area contributed by atoms with Crippen LogP contribution in [0.2, 0.25) is 0 Å². The van der Waals surface area contributed by atoms with Crippen LogP contribution in [-0.2, 0) is 0 Å². The average molecular weight is 284 g/mol. The van der Waals surface area contributed by atoms with Crippen LogP contribution in [0.5, 0.6) is 0 Å². The van der Waals surface area contributed by atoms with E-state index in [4.69, 9.17) is 5.73 Å². The van der Waals surface area contributed by atoms with E-state index in [1.807, 2.05) is 7.05 Å². The van der Waals surface area contributed by atoms with Crippen LogP contribution in [-0.4, -0.2) is 42.5 Å². The number of nitrogen functional groups attached to an aromatic ring is 1. The Balaban J connectivity index is 2.86. The lowest BCUT2D eigenvalue weighted by molar-refractivity contribution is 0.0799. The number of amides is 1. The first-order chi connectivity index (χ1) is 9.04. The van der Waals surface area contributed by atoms with Crippen LogP contribution in [0.1, 0.15) is 43.3 Å². The van der Waals surface area contributed by atoms with Gasteiger partial charge in [0.1, 0.15) is 10.7 Å². The lowest BCUT2D eigenvalue weighted by atomic mass is 10.3. The highest BCUT2D eigenvalue weighted by atomic mass is 32.1. The number of carbonyl (C=O) groups excluding carboxylic acids is 1. The lowest BCUT2D eigenvalue weighted by Gasteiger charge is -2.17. The zero-order chi connectivity index (χ0) is 14.4. The summed E-state index contributed by atoms with van der Waals surface area (Å²) < 4.78 is 0. The van der Waals surface area contributed by atoms with Crippen molar-refractivity contribution in [1.29, 1.82) is 0 Å². The molecule has 0 aliphatic carbocycles. The second-order valence-electron chi connectivity index (χ2n) is 4.46. The fourth-order valence-corrected chi connectivity index (χ4v) is 2.88. The Kier molecular flexibility index (Phi) is 6.08. The summed E-state index contributed by atoms with van der Waals surface area (Å²) in [4.78, 5) is 21.0. The molecule has 6 heteroatoms. The van der Waals surface area contributed by atoms with Gasteiger partial charge < -0.3 is 15.5 Å². The zero-order valence-electron chi connectivity index (χ0n) is 12.3. The smallest absolute Gasteiger partial charge is 0.267 e. The van der Waals surface area contributed by atoms with Crippen molar-refractivity contribution in [3.63, 3.8) is 0 Å². The predicted octanol–water partition coefficient (Wildman–Crippen LogP) is 2.44. The predicted molar refractivity (Wildman–Crippen MR) is 82.0 cm³/mol. The fraction of sp³-hybridized carbons (Fsp3) is 0.692. The van der Waals surface area contributed by atoms with E-state index in [1.54, 1.807) is 4.90 Å². The van der Waals surface area contributed by atoms with Crippen molar-refractivity contribution in [3.8, 4) is 0 Å². The van der Waals surface area contributed by atoms with E-state index >= 15 is 0 Å². The van der Waals surface area contributed by atoms with Crippen LogP contribution >= 0.6 is 11.3 Å². The van der Waals surface area contributed by atoms with Crippen molar-refractivity contribution in [2.75, 3.05) is 37.3 Å². The molecule has 0 fully saturated rings. The van der Waals surface area contributed by atoms with E-state index in [1.165, 1.54) is 11.3 Å². The van der Waals surface area contributed by atoms with E-state index in [0.29, 0.717) is 10.7 Å². The first-order valence-electron chi connectivity index (χ1n) is 6.81. The van der Waals surface area contributed by atoms with Gasteiger partial charge in [-0.2, -0.15) is 0 Å². The molecule has 0 radical (unpaired) electrons. The average Bonchev–Trinajstić information content (AvgIpc) is 2.78. The third kappa shape index (κ3) is 3.83. The van der Waals surface area contributed by atoms with E-state index in [9.17, 15) is 4.79 Å². The third-order valence-electron chi connectivity index (χ3n) is 3.06. The molecule has 19 heavy (non-hydrogen) atoms. The number of hydrogen-bond donors (Lipinski definition) is 1. The summed E-state index contributed by atoms with van der Waals surface area (Å²) in [7, 11) is 1.81. The summed E-state index contributed by atoms with van der Waals surface area (Å²) in [6, 6.07) is 0. The van der Waals surface area contributed by atoms with Gasteiger partial charge in [0, 0.05) is 26.7 Å². The SMILES string of the molecule is CCCCN(C)C(=O)c1sc(N(CC)CC)nc1N. The number of nitrogens with two attached hydrogens (primary N) is 1. The third-order valence-corrected chi connectivity index (χ3v) is 4.18. The van der Waals surface area contributed by atoms with Gasteiger partial charge in [-0.25, -0.2) is 4.98 Å². The molecule has 1 rings (SSSR count). The fourth-order valence-electron chi connectivity index (χ4n) is 1.77. The van der Waals surface area contributed by atoms with Gasteiger partial charge in [0.2, 0.25) is 0 Å². The van der Waals surface area contributed by atoms with E-state index in [0.717, 1.165) is 37.6 Å². The minimum Gasteiger partial charge on any atom is -0.382 e. The van der Waals surface area contributed by atoms with Crippen molar-refractivity contribution in [1.82, 2.24) is 9.88 Å². The minimum absolute atomic E-state index is 0.0261. The van der Waals surface area contributed by atoms with Crippen LogP contribution in [0, 0.1) is 0 Å². The van der Waals surface area contributed by atoms with Crippen LogP contribution in [0.15, 0.2) is 0 Å². The number of thiazole rings is 1. The minimum atomic E-state index is -0.0261. The number of carbonyl (C=O) groups is 1. The van der Waals surface area contributed by atoms with Crippen molar-refractivity contribution >= 4 is 28.2 Å². The number of hydrogen-bond acceptors (Lipinski definition) is 5. The monoisotopic (exact) mass is 284 g/mol. The molecule has 0 bridgehead atoms. The Morgan fingerprint density at radius 1 is 1.32 bits per heavy atom. The molecule has 0 atom stereocenters. The Labute approximate surface area is 119 Å². The van der Waals surface area contributed by atoms with E-state index < -0.39 is 0 Å². The number of anilines is 2. The molecule has 108 valence electrons. The maximum absolute atomic E-state index is 12.3. The van der Waals surface area contributed by atoms with Crippen LogP contribution < -0.4 is 10.6 Å². The molecule has 1 amide bonds. The molecule has 0 aliphatic heterocycles. The Morgan fingerprint density at radius 2 is 1.95 bits per heavy atom. The molecule has 0 unspecified atom stereocenters. The quantitative estimate of drug-likeness (QED) is 0.835. The van der Waals surface area contributed by atoms with Gasteiger partial charge >= 0.3 is 0 Å². The molecule has 0 saturated carbocycles. The van der Waals surface area contributed by atoms with Crippen molar-refractivity contribution in [3.05, 3.63) is 4.88 Å². The summed E-state index contributed by atoms with van der Waals surface area (Å²) >= 11 is 1.39. The van der Waals surface area contributed by atoms with Gasteiger partial charge in [-0.15, -0.1) is 0 Å². The van der Waals surface area contributed by atoms with Crippen molar-refractivity contribution < 1.29 is 4.79 Å². The molecule has 5 nitrogen and oxygen atoms in total. The van der Waals surface area contributed by atoms with Gasteiger partial charge in [0.15, 0.2) is 5.13 Å². The topological polar surface area (TPSA) is 62.5 Å². The van der Waals surface area contributed by atoms with Crippen molar-refractivity contribution in [2.24, 2.45) is 0 Å². The van der Waals surface area contributed by atoms with Crippen LogP contribution in [0.3, 0.4) is 0 Å². The summed E-state index contributed by atoms with van der Waals surface area (Å²) in [6.07, 6.45) is 2.07. The van der Waals surface area contributed by atoms with Crippen molar-refractivity contribution in [2.45, 2.75) is 33.6 Å². The maximum atomic E-state index is 12.3.